The molecule has 0 saturated carbocycles. The van der Waals surface area contributed by atoms with Crippen LogP contribution in [0.25, 0.3) is 5.70 Å². The summed E-state index contributed by atoms with van der Waals surface area (Å²) in [7, 11) is 0. The average molecular weight is 312 g/mol. The zero-order valence-electron chi connectivity index (χ0n) is 13.3. The molecule has 0 spiro atoms. The standard InChI is InChI=1S/C18H20N2O3/c1-18(2)11-15(14-12-19-7-5-16(14)23-18)20-8-6-13(4-3-9-21)10-17(20)22/h5-8,10-12,21H,3-4,9H2,1-2H3. The third kappa shape index (κ3) is 3.19. The van der Waals surface area contributed by atoms with Crippen LogP contribution in [0.5, 0.6) is 5.75 Å². The Labute approximate surface area is 134 Å². The second-order valence-electron chi connectivity index (χ2n) is 6.18. The number of aryl methyl sites for hydroxylation is 1. The summed E-state index contributed by atoms with van der Waals surface area (Å²) >= 11 is 0. The number of ether oxygens (including phenoxy) is 1. The molecule has 0 bridgehead atoms. The highest BCUT2D eigenvalue weighted by Crippen LogP contribution is 2.35. The molecule has 1 aliphatic heterocycles. The molecule has 5 nitrogen and oxygen atoms in total. The number of aromatic nitrogens is 2. The maximum Gasteiger partial charge on any atom is 0.255 e. The van der Waals surface area contributed by atoms with E-state index in [1.165, 1.54) is 0 Å². The van der Waals surface area contributed by atoms with Crippen LogP contribution < -0.4 is 10.3 Å². The summed E-state index contributed by atoms with van der Waals surface area (Å²) in [6.45, 7) is 4.03. The minimum atomic E-state index is -0.501. The summed E-state index contributed by atoms with van der Waals surface area (Å²) in [6, 6.07) is 5.34. The lowest BCUT2D eigenvalue weighted by Crippen LogP contribution is -2.32. The normalized spacial score (nSPS) is 15.5. The van der Waals surface area contributed by atoms with Crippen LogP contribution in [-0.4, -0.2) is 26.9 Å². The lowest BCUT2D eigenvalue weighted by molar-refractivity contribution is 0.157. The highest BCUT2D eigenvalue weighted by Gasteiger charge is 2.27. The monoisotopic (exact) mass is 312 g/mol. The lowest BCUT2D eigenvalue weighted by atomic mass is 10.00. The maximum absolute atomic E-state index is 12.5. The summed E-state index contributed by atoms with van der Waals surface area (Å²) in [5.74, 6) is 0.721. The molecular formula is C18H20N2O3. The van der Waals surface area contributed by atoms with E-state index in [2.05, 4.69) is 4.98 Å². The third-order valence-corrected chi connectivity index (χ3v) is 3.78. The first-order valence-electron chi connectivity index (χ1n) is 7.69. The Kier molecular flexibility index (Phi) is 4.05. The molecule has 2 aromatic heterocycles. The molecule has 0 atom stereocenters. The summed E-state index contributed by atoms with van der Waals surface area (Å²) < 4.78 is 7.55. The Morgan fingerprint density at radius 2 is 2.17 bits per heavy atom. The molecule has 5 heteroatoms. The van der Waals surface area contributed by atoms with Gasteiger partial charge in [-0.1, -0.05) is 0 Å². The van der Waals surface area contributed by atoms with Gasteiger partial charge in [-0.3, -0.25) is 14.3 Å². The highest BCUT2D eigenvalue weighted by atomic mass is 16.5. The summed E-state index contributed by atoms with van der Waals surface area (Å²) in [4.78, 5) is 16.7. The molecule has 1 aliphatic rings. The van der Waals surface area contributed by atoms with E-state index in [4.69, 9.17) is 9.84 Å². The van der Waals surface area contributed by atoms with Crippen LogP contribution in [0.15, 0.2) is 47.7 Å². The minimum Gasteiger partial charge on any atom is -0.483 e. The minimum absolute atomic E-state index is 0.0980. The van der Waals surface area contributed by atoms with Gasteiger partial charge >= 0.3 is 0 Å². The summed E-state index contributed by atoms with van der Waals surface area (Å²) in [5.41, 5.74) is 1.91. The number of aliphatic hydroxyl groups excluding tert-OH is 1. The van der Waals surface area contributed by atoms with Crippen LogP contribution in [0.2, 0.25) is 0 Å². The zero-order chi connectivity index (χ0) is 16.4. The van der Waals surface area contributed by atoms with E-state index >= 15 is 0 Å². The van der Waals surface area contributed by atoms with Gasteiger partial charge in [-0.05, 0) is 50.5 Å². The number of hydrogen-bond donors (Lipinski definition) is 1. The van der Waals surface area contributed by atoms with Crippen molar-refractivity contribution in [1.82, 2.24) is 9.55 Å². The van der Waals surface area contributed by atoms with Gasteiger partial charge in [0, 0.05) is 31.3 Å². The van der Waals surface area contributed by atoms with Gasteiger partial charge in [-0.2, -0.15) is 0 Å². The molecule has 0 radical (unpaired) electrons. The van der Waals surface area contributed by atoms with Crippen molar-refractivity contribution in [2.75, 3.05) is 6.61 Å². The molecule has 3 heterocycles. The number of pyridine rings is 2. The fourth-order valence-corrected chi connectivity index (χ4v) is 2.74. The topological polar surface area (TPSA) is 64.4 Å². The van der Waals surface area contributed by atoms with Crippen LogP contribution in [0.3, 0.4) is 0 Å². The number of aliphatic hydroxyl groups is 1. The first-order valence-corrected chi connectivity index (χ1v) is 7.69. The molecular weight excluding hydrogens is 292 g/mol. The largest absolute Gasteiger partial charge is 0.483 e. The average Bonchev–Trinajstić information content (AvgIpc) is 2.51. The number of rotatable bonds is 4. The Morgan fingerprint density at radius 1 is 1.35 bits per heavy atom. The molecule has 2 aromatic rings. The highest BCUT2D eigenvalue weighted by molar-refractivity contribution is 5.72. The lowest BCUT2D eigenvalue weighted by Gasteiger charge is -2.31. The quantitative estimate of drug-likeness (QED) is 0.940. The van der Waals surface area contributed by atoms with Crippen molar-refractivity contribution in [2.24, 2.45) is 0 Å². The van der Waals surface area contributed by atoms with E-state index in [1.807, 2.05) is 32.1 Å². The van der Waals surface area contributed by atoms with Crippen molar-refractivity contribution >= 4 is 5.70 Å². The van der Waals surface area contributed by atoms with E-state index in [1.54, 1.807) is 29.2 Å². The summed E-state index contributed by atoms with van der Waals surface area (Å²) in [5, 5.41) is 8.91. The number of nitrogens with zero attached hydrogens (tertiary/aromatic N) is 2. The Morgan fingerprint density at radius 3 is 2.91 bits per heavy atom. The van der Waals surface area contributed by atoms with Crippen molar-refractivity contribution in [3.05, 3.63) is 64.3 Å². The smallest absolute Gasteiger partial charge is 0.255 e. The van der Waals surface area contributed by atoms with E-state index < -0.39 is 5.60 Å². The molecule has 23 heavy (non-hydrogen) atoms. The van der Waals surface area contributed by atoms with Crippen molar-refractivity contribution < 1.29 is 9.84 Å². The van der Waals surface area contributed by atoms with Gasteiger partial charge in [0.05, 0.1) is 11.3 Å². The molecule has 0 saturated heterocycles. The van der Waals surface area contributed by atoms with Crippen LogP contribution in [-0.2, 0) is 6.42 Å². The molecule has 120 valence electrons. The first kappa shape index (κ1) is 15.5. The van der Waals surface area contributed by atoms with Gasteiger partial charge in [0.2, 0.25) is 0 Å². The second kappa shape index (κ2) is 6.01. The molecule has 0 fully saturated rings. The molecule has 1 N–H and O–H groups in total. The fourth-order valence-electron chi connectivity index (χ4n) is 2.74. The van der Waals surface area contributed by atoms with Gasteiger partial charge in [0.15, 0.2) is 0 Å². The van der Waals surface area contributed by atoms with Crippen LogP contribution >= 0.6 is 0 Å². The van der Waals surface area contributed by atoms with Crippen molar-refractivity contribution in [3.8, 4) is 5.75 Å². The predicted octanol–water partition coefficient (Wildman–Crippen LogP) is 2.23. The van der Waals surface area contributed by atoms with Crippen molar-refractivity contribution in [2.45, 2.75) is 32.3 Å². The van der Waals surface area contributed by atoms with E-state index in [-0.39, 0.29) is 12.2 Å². The van der Waals surface area contributed by atoms with Gasteiger partial charge < -0.3 is 9.84 Å². The van der Waals surface area contributed by atoms with Gasteiger partial charge in [0.25, 0.3) is 5.56 Å². The van der Waals surface area contributed by atoms with Gasteiger partial charge in [-0.15, -0.1) is 0 Å². The Bertz CT molecular complexity index is 806. The Balaban J connectivity index is 2.06. The SMILES string of the molecule is CC1(C)C=C(n2ccc(CCCO)cc2=O)c2cnccc2O1. The van der Waals surface area contributed by atoms with Crippen molar-refractivity contribution in [1.29, 1.82) is 0 Å². The van der Waals surface area contributed by atoms with Crippen LogP contribution in [0.4, 0.5) is 0 Å². The second-order valence-corrected chi connectivity index (χ2v) is 6.18. The molecule has 0 aromatic carbocycles. The van der Waals surface area contributed by atoms with E-state index in [0.29, 0.717) is 12.8 Å². The van der Waals surface area contributed by atoms with Gasteiger partial charge in [-0.25, -0.2) is 0 Å². The zero-order valence-corrected chi connectivity index (χ0v) is 13.3. The number of fused-ring (bicyclic) bond motifs is 1. The third-order valence-electron chi connectivity index (χ3n) is 3.78. The number of hydrogen-bond acceptors (Lipinski definition) is 4. The molecule has 0 amide bonds. The van der Waals surface area contributed by atoms with Crippen molar-refractivity contribution in [3.63, 3.8) is 0 Å². The molecule has 0 unspecified atom stereocenters. The van der Waals surface area contributed by atoms with Gasteiger partial charge in [0.1, 0.15) is 11.4 Å². The van der Waals surface area contributed by atoms with E-state index in [9.17, 15) is 4.79 Å². The van der Waals surface area contributed by atoms with E-state index in [0.717, 1.165) is 22.6 Å². The molecule has 0 aliphatic carbocycles. The molecule has 3 rings (SSSR count). The van der Waals surface area contributed by atoms with Crippen LogP contribution in [0, 0.1) is 0 Å². The Hall–Kier alpha value is -2.40. The maximum atomic E-state index is 12.5. The first-order chi connectivity index (χ1) is 11.0. The van der Waals surface area contributed by atoms with Crippen LogP contribution in [0.1, 0.15) is 31.4 Å². The summed E-state index contributed by atoms with van der Waals surface area (Å²) in [6.07, 6.45) is 8.45. The predicted molar refractivity (Wildman–Crippen MR) is 88.4 cm³/mol. The fraction of sp³-hybridized carbons (Fsp3) is 0.333.